The number of carbonyl (C=O) groups is 1. The Labute approximate surface area is 159 Å². The van der Waals surface area contributed by atoms with Gasteiger partial charge in [0.2, 0.25) is 5.91 Å². The molecule has 0 radical (unpaired) electrons. The quantitative estimate of drug-likeness (QED) is 0.475. The van der Waals surface area contributed by atoms with Gasteiger partial charge in [0, 0.05) is 6.92 Å². The van der Waals surface area contributed by atoms with E-state index in [1.165, 1.54) is 18.3 Å². The van der Waals surface area contributed by atoms with E-state index in [0.29, 0.717) is 21.3 Å². The lowest BCUT2D eigenvalue weighted by atomic mass is 10.2. The predicted octanol–water partition coefficient (Wildman–Crippen LogP) is 5.45. The van der Waals surface area contributed by atoms with Crippen molar-refractivity contribution >= 4 is 45.2 Å². The lowest BCUT2D eigenvalue weighted by Crippen LogP contribution is -2.04. The standard InChI is InChI=1S/C20H15N3OS2/c1-14(24)22-20-18(17-11-6-12-25-17)23-19(26-20)16(13-21)10-5-9-15-7-3-2-4-8-15/h2-12H,1H3,(H,22,24)/b9-5+,16-10+. The largest absolute Gasteiger partial charge is 0.316 e. The molecular weight excluding hydrogens is 362 g/mol. The number of anilines is 1. The van der Waals surface area contributed by atoms with Crippen molar-refractivity contribution < 1.29 is 4.79 Å². The monoisotopic (exact) mass is 377 g/mol. The van der Waals surface area contributed by atoms with Gasteiger partial charge in [-0.1, -0.05) is 59.9 Å². The summed E-state index contributed by atoms with van der Waals surface area (Å²) in [5.41, 5.74) is 2.21. The predicted molar refractivity (Wildman–Crippen MR) is 109 cm³/mol. The molecule has 128 valence electrons. The highest BCUT2D eigenvalue weighted by molar-refractivity contribution is 7.18. The van der Waals surface area contributed by atoms with Crippen LogP contribution >= 0.6 is 22.7 Å². The van der Waals surface area contributed by atoms with Crippen LogP contribution in [0.15, 0.2) is 60.0 Å². The molecule has 0 aliphatic heterocycles. The summed E-state index contributed by atoms with van der Waals surface area (Å²) in [6.45, 7) is 1.46. The molecular formula is C20H15N3OS2. The second-order valence-electron chi connectivity index (χ2n) is 5.32. The molecule has 0 fully saturated rings. The second kappa shape index (κ2) is 8.39. The van der Waals surface area contributed by atoms with Crippen molar-refractivity contribution in [3.8, 4) is 16.6 Å². The molecule has 4 nitrogen and oxygen atoms in total. The van der Waals surface area contributed by atoms with Crippen molar-refractivity contribution in [1.82, 2.24) is 4.98 Å². The molecule has 6 heteroatoms. The van der Waals surface area contributed by atoms with Crippen LogP contribution in [0.2, 0.25) is 0 Å². The minimum atomic E-state index is -0.163. The van der Waals surface area contributed by atoms with Gasteiger partial charge in [0.05, 0.1) is 10.5 Å². The van der Waals surface area contributed by atoms with Gasteiger partial charge in [0.25, 0.3) is 0 Å². The molecule has 2 aromatic heterocycles. The van der Waals surface area contributed by atoms with E-state index in [4.69, 9.17) is 0 Å². The van der Waals surface area contributed by atoms with E-state index in [1.807, 2.05) is 60.0 Å². The second-order valence-corrected chi connectivity index (χ2v) is 7.26. The van der Waals surface area contributed by atoms with Gasteiger partial charge in [-0.15, -0.1) is 11.3 Å². The molecule has 26 heavy (non-hydrogen) atoms. The smallest absolute Gasteiger partial charge is 0.221 e. The van der Waals surface area contributed by atoms with Crippen LogP contribution in [0.4, 0.5) is 5.00 Å². The van der Waals surface area contributed by atoms with Crippen LogP contribution in [-0.4, -0.2) is 10.9 Å². The summed E-state index contributed by atoms with van der Waals surface area (Å²) in [6, 6.07) is 15.9. The Kier molecular flexibility index (Phi) is 5.74. The van der Waals surface area contributed by atoms with E-state index < -0.39 is 0 Å². The van der Waals surface area contributed by atoms with Crippen molar-refractivity contribution in [3.63, 3.8) is 0 Å². The summed E-state index contributed by atoms with van der Waals surface area (Å²) in [7, 11) is 0. The SMILES string of the molecule is CC(=O)Nc1sc(/C(C#N)=C/C=C/c2ccccc2)nc1-c1cccs1. The van der Waals surface area contributed by atoms with Gasteiger partial charge in [-0.2, -0.15) is 5.26 Å². The molecule has 0 atom stereocenters. The van der Waals surface area contributed by atoms with Gasteiger partial charge >= 0.3 is 0 Å². The summed E-state index contributed by atoms with van der Waals surface area (Å²) in [5.74, 6) is -0.163. The number of nitriles is 1. The van der Waals surface area contributed by atoms with Crippen molar-refractivity contribution in [1.29, 1.82) is 5.26 Å². The third-order valence-electron chi connectivity index (χ3n) is 3.37. The average molecular weight is 377 g/mol. The Bertz CT molecular complexity index is 994. The van der Waals surface area contributed by atoms with E-state index >= 15 is 0 Å². The lowest BCUT2D eigenvalue weighted by Gasteiger charge is -1.99. The maximum Gasteiger partial charge on any atom is 0.221 e. The number of hydrogen-bond donors (Lipinski definition) is 1. The summed E-state index contributed by atoms with van der Waals surface area (Å²) < 4.78 is 0. The molecule has 1 aromatic carbocycles. The number of carbonyl (C=O) groups excluding carboxylic acids is 1. The van der Waals surface area contributed by atoms with Crippen molar-refractivity contribution in [2.45, 2.75) is 6.92 Å². The lowest BCUT2D eigenvalue weighted by molar-refractivity contribution is -0.114. The number of benzene rings is 1. The summed E-state index contributed by atoms with van der Waals surface area (Å²) in [5, 5.41) is 15.5. The molecule has 0 aliphatic carbocycles. The van der Waals surface area contributed by atoms with E-state index in [2.05, 4.69) is 16.4 Å². The first-order valence-corrected chi connectivity index (χ1v) is 9.53. The number of allylic oxidation sites excluding steroid dienone is 3. The first kappa shape index (κ1) is 17.8. The van der Waals surface area contributed by atoms with Gasteiger partial charge in [0.15, 0.2) is 0 Å². The highest BCUT2D eigenvalue weighted by Crippen LogP contribution is 2.37. The summed E-state index contributed by atoms with van der Waals surface area (Å²) in [6.07, 6.45) is 5.50. The minimum Gasteiger partial charge on any atom is -0.316 e. The van der Waals surface area contributed by atoms with E-state index in [1.54, 1.807) is 17.4 Å². The van der Waals surface area contributed by atoms with Gasteiger partial charge in [-0.25, -0.2) is 4.98 Å². The molecule has 0 saturated heterocycles. The Morgan fingerprint density at radius 3 is 2.69 bits per heavy atom. The third-order valence-corrected chi connectivity index (χ3v) is 5.25. The molecule has 0 saturated carbocycles. The fraction of sp³-hybridized carbons (Fsp3) is 0.0500. The average Bonchev–Trinajstić information content (AvgIpc) is 3.29. The zero-order valence-electron chi connectivity index (χ0n) is 14.0. The zero-order chi connectivity index (χ0) is 18.4. The Balaban J connectivity index is 1.93. The molecule has 2 heterocycles. The number of thiophene rings is 1. The maximum atomic E-state index is 11.5. The van der Waals surface area contributed by atoms with Crippen LogP contribution in [0.25, 0.3) is 22.2 Å². The highest BCUT2D eigenvalue weighted by atomic mass is 32.1. The Hall–Kier alpha value is -3.01. The van der Waals surface area contributed by atoms with Gasteiger partial charge in [-0.05, 0) is 23.1 Å². The normalized spacial score (nSPS) is 11.5. The first-order valence-electron chi connectivity index (χ1n) is 7.83. The molecule has 0 spiro atoms. The van der Waals surface area contributed by atoms with Crippen molar-refractivity contribution in [2.24, 2.45) is 0 Å². The van der Waals surface area contributed by atoms with Crippen molar-refractivity contribution in [2.75, 3.05) is 5.32 Å². The number of nitrogens with zero attached hydrogens (tertiary/aromatic N) is 2. The van der Waals surface area contributed by atoms with Gasteiger partial charge < -0.3 is 5.32 Å². The van der Waals surface area contributed by atoms with Crippen LogP contribution < -0.4 is 5.32 Å². The molecule has 0 aliphatic rings. The van der Waals surface area contributed by atoms with Crippen LogP contribution in [0.5, 0.6) is 0 Å². The minimum absolute atomic E-state index is 0.163. The number of amides is 1. The van der Waals surface area contributed by atoms with Crippen LogP contribution in [-0.2, 0) is 4.79 Å². The Morgan fingerprint density at radius 2 is 2.04 bits per heavy atom. The highest BCUT2D eigenvalue weighted by Gasteiger charge is 2.17. The van der Waals surface area contributed by atoms with Crippen LogP contribution in [0.1, 0.15) is 17.5 Å². The van der Waals surface area contributed by atoms with Crippen LogP contribution in [0, 0.1) is 11.3 Å². The fourth-order valence-electron chi connectivity index (χ4n) is 2.24. The van der Waals surface area contributed by atoms with E-state index in [9.17, 15) is 10.1 Å². The molecule has 0 bridgehead atoms. The summed E-state index contributed by atoms with van der Waals surface area (Å²) in [4.78, 5) is 17.0. The van der Waals surface area contributed by atoms with Crippen LogP contribution in [0.3, 0.4) is 0 Å². The molecule has 1 amide bonds. The third kappa shape index (κ3) is 4.33. The van der Waals surface area contributed by atoms with Gasteiger partial charge in [0.1, 0.15) is 21.8 Å². The maximum absolute atomic E-state index is 11.5. The van der Waals surface area contributed by atoms with Crippen molar-refractivity contribution in [3.05, 3.63) is 70.6 Å². The number of thiazole rings is 1. The Morgan fingerprint density at radius 1 is 1.23 bits per heavy atom. The number of hydrogen-bond acceptors (Lipinski definition) is 5. The molecule has 3 aromatic rings. The number of nitrogens with one attached hydrogen (secondary N) is 1. The molecule has 3 rings (SSSR count). The molecule has 1 N–H and O–H groups in total. The zero-order valence-corrected chi connectivity index (χ0v) is 15.6. The summed E-state index contributed by atoms with van der Waals surface area (Å²) >= 11 is 2.85. The van der Waals surface area contributed by atoms with E-state index in [-0.39, 0.29) is 5.91 Å². The fourth-order valence-corrected chi connectivity index (χ4v) is 4.02. The number of rotatable bonds is 5. The topological polar surface area (TPSA) is 65.8 Å². The molecule has 0 unspecified atom stereocenters. The number of aromatic nitrogens is 1. The van der Waals surface area contributed by atoms with E-state index in [0.717, 1.165) is 10.4 Å². The first-order chi connectivity index (χ1) is 12.7. The van der Waals surface area contributed by atoms with Gasteiger partial charge in [-0.3, -0.25) is 4.79 Å².